The van der Waals surface area contributed by atoms with Crippen molar-refractivity contribution in [3.05, 3.63) is 35.9 Å². The molecule has 1 unspecified atom stereocenters. The number of aromatic nitrogens is 4. The molecule has 0 bridgehead atoms. The highest BCUT2D eigenvalue weighted by atomic mass is 19.1. The van der Waals surface area contributed by atoms with Crippen LogP contribution in [0.15, 0.2) is 24.3 Å². The molecule has 1 N–H and O–H groups in total. The Bertz CT molecular complexity index is 533. The predicted molar refractivity (Wildman–Crippen MR) is 63.8 cm³/mol. The molecular weight excluding hydrogens is 233 g/mol. The molecule has 18 heavy (non-hydrogen) atoms. The van der Waals surface area contributed by atoms with Gasteiger partial charge in [-0.25, -0.2) is 4.39 Å². The Kier molecular flexibility index (Phi) is 3.02. The van der Waals surface area contributed by atoms with E-state index in [1.165, 1.54) is 23.4 Å². The molecule has 3 rings (SSSR count). The topological polar surface area (TPSA) is 55.6 Å². The number of halogens is 1. The van der Waals surface area contributed by atoms with Gasteiger partial charge < -0.3 is 5.32 Å². The largest absolute Gasteiger partial charge is 0.314 e. The van der Waals surface area contributed by atoms with E-state index in [4.69, 9.17) is 0 Å². The maximum Gasteiger partial charge on any atom is 0.176 e. The predicted octanol–water partition coefficient (Wildman–Crippen LogP) is 1.10. The lowest BCUT2D eigenvalue weighted by atomic mass is 10.1. The van der Waals surface area contributed by atoms with Crippen molar-refractivity contribution in [2.75, 3.05) is 6.54 Å². The average Bonchev–Trinajstić information content (AvgIpc) is 3.01. The first-order valence-corrected chi connectivity index (χ1v) is 6.09. The zero-order chi connectivity index (χ0) is 12.4. The van der Waals surface area contributed by atoms with Crippen molar-refractivity contribution in [1.82, 2.24) is 25.5 Å². The van der Waals surface area contributed by atoms with Gasteiger partial charge in [0.2, 0.25) is 0 Å². The Morgan fingerprint density at radius 2 is 2.39 bits per heavy atom. The molecule has 2 aromatic rings. The molecule has 1 aromatic carbocycles. The van der Waals surface area contributed by atoms with Crippen molar-refractivity contribution < 1.29 is 4.39 Å². The maximum absolute atomic E-state index is 13.1. The lowest BCUT2D eigenvalue weighted by Gasteiger charge is -2.05. The first kappa shape index (κ1) is 11.3. The highest BCUT2D eigenvalue weighted by Gasteiger charge is 2.17. The molecule has 0 spiro atoms. The normalized spacial score (nSPS) is 19.3. The van der Waals surface area contributed by atoms with Crippen molar-refractivity contribution >= 4 is 0 Å². The number of hydrogen-bond donors (Lipinski definition) is 1. The van der Waals surface area contributed by atoms with Crippen LogP contribution in [-0.2, 0) is 6.42 Å². The second-order valence-corrected chi connectivity index (χ2v) is 4.47. The molecule has 5 nitrogen and oxygen atoms in total. The van der Waals surface area contributed by atoms with Crippen LogP contribution in [0.2, 0.25) is 0 Å². The molecule has 1 aliphatic rings. The van der Waals surface area contributed by atoms with E-state index in [0.29, 0.717) is 17.6 Å². The molecule has 6 heteroatoms. The second-order valence-electron chi connectivity index (χ2n) is 4.47. The number of benzene rings is 1. The van der Waals surface area contributed by atoms with E-state index in [1.807, 2.05) is 0 Å². The van der Waals surface area contributed by atoms with Crippen LogP contribution >= 0.6 is 0 Å². The van der Waals surface area contributed by atoms with Crippen molar-refractivity contribution in [2.45, 2.75) is 25.3 Å². The molecule has 1 aliphatic heterocycles. The van der Waals surface area contributed by atoms with Gasteiger partial charge in [-0.05, 0) is 36.7 Å². The SMILES string of the molecule is Fc1cccc(-n2nnc(CC3CCCN3)n2)c1. The number of hydrogen-bond acceptors (Lipinski definition) is 4. The smallest absolute Gasteiger partial charge is 0.176 e. The summed E-state index contributed by atoms with van der Waals surface area (Å²) >= 11 is 0. The Labute approximate surface area is 104 Å². The Morgan fingerprint density at radius 1 is 1.44 bits per heavy atom. The molecule has 1 saturated heterocycles. The van der Waals surface area contributed by atoms with Crippen LogP contribution in [0.3, 0.4) is 0 Å². The third-order valence-electron chi connectivity index (χ3n) is 3.09. The number of nitrogens with one attached hydrogen (secondary N) is 1. The summed E-state index contributed by atoms with van der Waals surface area (Å²) in [6.45, 7) is 1.06. The lowest BCUT2D eigenvalue weighted by molar-refractivity contribution is 0.584. The van der Waals surface area contributed by atoms with Gasteiger partial charge in [-0.1, -0.05) is 6.07 Å². The molecule has 1 aromatic heterocycles. The van der Waals surface area contributed by atoms with Gasteiger partial charge in [0.25, 0.3) is 0 Å². The van der Waals surface area contributed by atoms with E-state index >= 15 is 0 Å². The van der Waals surface area contributed by atoms with Crippen molar-refractivity contribution in [2.24, 2.45) is 0 Å². The summed E-state index contributed by atoms with van der Waals surface area (Å²) in [7, 11) is 0. The molecule has 1 atom stereocenters. The molecule has 0 radical (unpaired) electrons. The maximum atomic E-state index is 13.1. The van der Waals surface area contributed by atoms with Gasteiger partial charge in [0.05, 0.1) is 5.69 Å². The van der Waals surface area contributed by atoms with Gasteiger partial charge in [-0.15, -0.1) is 15.0 Å². The van der Waals surface area contributed by atoms with Gasteiger partial charge in [0.1, 0.15) is 5.82 Å². The van der Waals surface area contributed by atoms with Gasteiger partial charge in [0, 0.05) is 18.5 Å². The third kappa shape index (κ3) is 2.38. The summed E-state index contributed by atoms with van der Waals surface area (Å²) < 4.78 is 13.1. The molecular formula is C12H14FN5. The van der Waals surface area contributed by atoms with Gasteiger partial charge >= 0.3 is 0 Å². The summed E-state index contributed by atoms with van der Waals surface area (Å²) in [4.78, 5) is 1.37. The van der Waals surface area contributed by atoms with Gasteiger partial charge in [-0.3, -0.25) is 0 Å². The first-order valence-electron chi connectivity index (χ1n) is 6.09. The zero-order valence-corrected chi connectivity index (χ0v) is 9.88. The van der Waals surface area contributed by atoms with Crippen LogP contribution in [0.4, 0.5) is 4.39 Å². The highest BCUT2D eigenvalue weighted by Crippen LogP contribution is 2.10. The Balaban J connectivity index is 1.76. The van der Waals surface area contributed by atoms with Crippen LogP contribution in [0.1, 0.15) is 18.7 Å². The minimum Gasteiger partial charge on any atom is -0.314 e. The number of rotatable bonds is 3. The van der Waals surface area contributed by atoms with Gasteiger partial charge in [0.15, 0.2) is 5.82 Å². The number of tetrazole rings is 1. The molecule has 94 valence electrons. The minimum atomic E-state index is -0.302. The zero-order valence-electron chi connectivity index (χ0n) is 9.88. The quantitative estimate of drug-likeness (QED) is 0.882. The van der Waals surface area contributed by atoms with Gasteiger partial charge in [-0.2, -0.15) is 0 Å². The fraction of sp³-hybridized carbons (Fsp3) is 0.417. The molecule has 0 aliphatic carbocycles. The van der Waals surface area contributed by atoms with E-state index in [2.05, 4.69) is 20.7 Å². The lowest BCUT2D eigenvalue weighted by Crippen LogP contribution is -2.24. The molecule has 1 fully saturated rings. The number of nitrogens with zero attached hydrogens (tertiary/aromatic N) is 4. The molecule has 0 saturated carbocycles. The van der Waals surface area contributed by atoms with Crippen LogP contribution < -0.4 is 5.32 Å². The fourth-order valence-corrected chi connectivity index (χ4v) is 2.19. The van der Waals surface area contributed by atoms with Crippen LogP contribution in [-0.4, -0.2) is 32.8 Å². The van der Waals surface area contributed by atoms with E-state index < -0.39 is 0 Å². The van der Waals surface area contributed by atoms with Crippen LogP contribution in [0, 0.1) is 5.82 Å². The van der Waals surface area contributed by atoms with Crippen molar-refractivity contribution in [3.63, 3.8) is 0 Å². The summed E-state index contributed by atoms with van der Waals surface area (Å²) in [6.07, 6.45) is 3.12. The first-order chi connectivity index (χ1) is 8.81. The monoisotopic (exact) mass is 247 g/mol. The summed E-state index contributed by atoms with van der Waals surface area (Å²) in [5.74, 6) is 0.391. The second kappa shape index (κ2) is 4.81. The third-order valence-corrected chi connectivity index (χ3v) is 3.09. The minimum absolute atomic E-state index is 0.302. The van der Waals surface area contributed by atoms with E-state index in [0.717, 1.165) is 19.4 Å². The highest BCUT2D eigenvalue weighted by molar-refractivity contribution is 5.29. The Hall–Kier alpha value is -1.82. The van der Waals surface area contributed by atoms with Crippen LogP contribution in [0.5, 0.6) is 0 Å². The van der Waals surface area contributed by atoms with Crippen molar-refractivity contribution in [3.8, 4) is 5.69 Å². The van der Waals surface area contributed by atoms with E-state index in [9.17, 15) is 4.39 Å². The van der Waals surface area contributed by atoms with E-state index in [1.54, 1.807) is 12.1 Å². The van der Waals surface area contributed by atoms with Crippen molar-refractivity contribution in [1.29, 1.82) is 0 Å². The van der Waals surface area contributed by atoms with Crippen LogP contribution in [0.25, 0.3) is 5.69 Å². The summed E-state index contributed by atoms with van der Waals surface area (Å²) in [5, 5.41) is 15.6. The standard InChI is InChI=1S/C12H14FN5/c13-9-3-1-5-11(7-9)18-16-12(15-17-18)8-10-4-2-6-14-10/h1,3,5,7,10,14H,2,4,6,8H2. The van der Waals surface area contributed by atoms with E-state index in [-0.39, 0.29) is 5.82 Å². The summed E-state index contributed by atoms with van der Waals surface area (Å²) in [5.41, 5.74) is 0.591. The average molecular weight is 247 g/mol. The Morgan fingerprint density at radius 3 is 3.17 bits per heavy atom. The molecule has 2 heterocycles. The molecule has 0 amide bonds. The summed E-state index contributed by atoms with van der Waals surface area (Å²) in [6, 6.07) is 6.60. The fourth-order valence-electron chi connectivity index (χ4n) is 2.19.